The Labute approximate surface area is 114 Å². The van der Waals surface area contributed by atoms with Crippen LogP contribution in [0.15, 0.2) is 30.3 Å². The molecule has 0 fully saturated rings. The fourth-order valence-corrected chi connectivity index (χ4v) is 2.19. The van der Waals surface area contributed by atoms with Gasteiger partial charge in [-0.2, -0.15) is 5.10 Å². The van der Waals surface area contributed by atoms with E-state index in [-0.39, 0.29) is 6.61 Å². The van der Waals surface area contributed by atoms with E-state index in [0.717, 1.165) is 23.6 Å². The molecule has 2 aromatic rings. The third-order valence-electron chi connectivity index (χ3n) is 3.12. The molecule has 0 saturated carbocycles. The Kier molecular flexibility index (Phi) is 4.35. The van der Waals surface area contributed by atoms with Crippen LogP contribution in [0.2, 0.25) is 0 Å². The first-order valence-electron chi connectivity index (χ1n) is 6.52. The third kappa shape index (κ3) is 3.43. The number of aryl methyl sites for hydroxylation is 2. The minimum atomic E-state index is 0.195. The lowest BCUT2D eigenvalue weighted by Gasteiger charge is -2.15. The topological polar surface area (TPSA) is 41.3 Å². The van der Waals surface area contributed by atoms with E-state index >= 15 is 0 Å². The average Bonchev–Trinajstić information content (AvgIpc) is 2.70. The summed E-state index contributed by atoms with van der Waals surface area (Å²) >= 11 is 0. The second-order valence-electron chi connectivity index (χ2n) is 4.97. The molecule has 0 spiro atoms. The Morgan fingerprint density at radius 3 is 2.42 bits per heavy atom. The molecule has 0 unspecified atom stereocenters. The van der Waals surface area contributed by atoms with Gasteiger partial charge < -0.3 is 5.11 Å². The van der Waals surface area contributed by atoms with Crippen molar-refractivity contribution in [3.8, 4) is 5.69 Å². The van der Waals surface area contributed by atoms with Crippen LogP contribution in [0.3, 0.4) is 0 Å². The van der Waals surface area contributed by atoms with E-state index in [9.17, 15) is 0 Å². The number of hydrogen-bond acceptors (Lipinski definition) is 3. The molecule has 19 heavy (non-hydrogen) atoms. The van der Waals surface area contributed by atoms with Crippen molar-refractivity contribution in [1.29, 1.82) is 0 Å². The molecular weight excluding hydrogens is 238 g/mol. The highest BCUT2D eigenvalue weighted by Gasteiger charge is 2.04. The Morgan fingerprint density at radius 2 is 1.89 bits per heavy atom. The van der Waals surface area contributed by atoms with Crippen LogP contribution in [-0.2, 0) is 6.54 Å². The first-order valence-corrected chi connectivity index (χ1v) is 6.52. The molecule has 2 rings (SSSR count). The minimum Gasteiger partial charge on any atom is -0.395 e. The molecule has 4 nitrogen and oxygen atoms in total. The summed E-state index contributed by atoms with van der Waals surface area (Å²) in [5.41, 5.74) is 4.49. The standard InChI is InChI=1S/C15H21N3O/c1-12-10-13(2)18(16-12)15-6-4-14(5-7-15)11-17(3)8-9-19/h4-7,10,19H,8-9,11H2,1-3H3. The normalized spacial score (nSPS) is 11.2. The maximum atomic E-state index is 8.89. The second-order valence-corrected chi connectivity index (χ2v) is 4.97. The summed E-state index contributed by atoms with van der Waals surface area (Å²) in [6.07, 6.45) is 0. The van der Waals surface area contributed by atoms with Gasteiger partial charge in [-0.1, -0.05) is 12.1 Å². The molecule has 1 heterocycles. The van der Waals surface area contributed by atoms with Crippen molar-refractivity contribution in [2.24, 2.45) is 0 Å². The Balaban J connectivity index is 2.12. The van der Waals surface area contributed by atoms with E-state index in [4.69, 9.17) is 5.11 Å². The summed E-state index contributed by atoms with van der Waals surface area (Å²) in [7, 11) is 2.01. The van der Waals surface area contributed by atoms with Crippen molar-refractivity contribution in [2.45, 2.75) is 20.4 Å². The number of benzene rings is 1. The lowest BCUT2D eigenvalue weighted by atomic mass is 10.2. The fourth-order valence-electron chi connectivity index (χ4n) is 2.19. The molecule has 0 amide bonds. The smallest absolute Gasteiger partial charge is 0.0648 e. The number of aliphatic hydroxyl groups is 1. The van der Waals surface area contributed by atoms with Gasteiger partial charge in [0.1, 0.15) is 0 Å². The molecule has 0 aliphatic rings. The summed E-state index contributed by atoms with van der Waals surface area (Å²) in [5.74, 6) is 0. The zero-order valence-corrected chi connectivity index (χ0v) is 11.8. The maximum Gasteiger partial charge on any atom is 0.0648 e. The van der Waals surface area contributed by atoms with Crippen molar-refractivity contribution >= 4 is 0 Å². The van der Waals surface area contributed by atoms with E-state index in [1.807, 2.05) is 18.7 Å². The number of rotatable bonds is 5. The molecule has 4 heteroatoms. The largest absolute Gasteiger partial charge is 0.395 e. The summed E-state index contributed by atoms with van der Waals surface area (Å²) in [4.78, 5) is 2.10. The Hall–Kier alpha value is -1.65. The SMILES string of the molecule is Cc1cc(C)n(-c2ccc(CN(C)CCO)cc2)n1. The fraction of sp³-hybridized carbons (Fsp3) is 0.400. The van der Waals surface area contributed by atoms with Gasteiger partial charge in [0.05, 0.1) is 18.0 Å². The van der Waals surface area contributed by atoms with Crippen LogP contribution in [0.4, 0.5) is 0 Å². The molecule has 0 aliphatic carbocycles. The summed E-state index contributed by atoms with van der Waals surface area (Å²) in [5, 5.41) is 13.4. The molecule has 0 atom stereocenters. The van der Waals surface area contributed by atoms with Gasteiger partial charge in [0.2, 0.25) is 0 Å². The van der Waals surface area contributed by atoms with Crippen LogP contribution in [0.5, 0.6) is 0 Å². The number of likely N-dealkylation sites (N-methyl/N-ethyl adjacent to an activating group) is 1. The Bertz CT molecular complexity index is 531. The molecule has 1 aromatic carbocycles. The van der Waals surface area contributed by atoms with Crippen LogP contribution in [-0.4, -0.2) is 40.0 Å². The summed E-state index contributed by atoms with van der Waals surface area (Å²) < 4.78 is 1.95. The highest BCUT2D eigenvalue weighted by atomic mass is 16.3. The molecule has 102 valence electrons. The lowest BCUT2D eigenvalue weighted by molar-refractivity contribution is 0.217. The number of hydrogen-bond donors (Lipinski definition) is 1. The van der Waals surface area contributed by atoms with E-state index in [1.165, 1.54) is 5.56 Å². The van der Waals surface area contributed by atoms with Gasteiger partial charge in [0.15, 0.2) is 0 Å². The van der Waals surface area contributed by atoms with Crippen LogP contribution < -0.4 is 0 Å². The van der Waals surface area contributed by atoms with Crippen molar-refractivity contribution in [1.82, 2.24) is 14.7 Å². The van der Waals surface area contributed by atoms with Gasteiger partial charge in [-0.05, 0) is 44.7 Å². The van der Waals surface area contributed by atoms with Crippen LogP contribution >= 0.6 is 0 Å². The second kappa shape index (κ2) is 5.99. The first kappa shape index (κ1) is 13.8. The van der Waals surface area contributed by atoms with Crippen molar-refractivity contribution in [2.75, 3.05) is 20.2 Å². The van der Waals surface area contributed by atoms with Crippen molar-refractivity contribution in [3.63, 3.8) is 0 Å². The number of aromatic nitrogens is 2. The minimum absolute atomic E-state index is 0.195. The predicted molar refractivity (Wildman–Crippen MR) is 76.5 cm³/mol. The molecule has 1 aromatic heterocycles. The van der Waals surface area contributed by atoms with Crippen molar-refractivity contribution < 1.29 is 5.11 Å². The first-order chi connectivity index (χ1) is 9.10. The van der Waals surface area contributed by atoms with E-state index in [0.29, 0.717) is 6.54 Å². The van der Waals surface area contributed by atoms with Crippen LogP contribution in [0, 0.1) is 13.8 Å². The monoisotopic (exact) mass is 259 g/mol. The quantitative estimate of drug-likeness (QED) is 0.892. The summed E-state index contributed by atoms with van der Waals surface area (Å²) in [6, 6.07) is 10.5. The number of aliphatic hydroxyl groups excluding tert-OH is 1. The van der Waals surface area contributed by atoms with E-state index in [1.54, 1.807) is 0 Å². The van der Waals surface area contributed by atoms with Crippen LogP contribution in [0.25, 0.3) is 5.69 Å². The van der Waals surface area contributed by atoms with Gasteiger partial charge in [-0.15, -0.1) is 0 Å². The van der Waals surface area contributed by atoms with Gasteiger partial charge in [0, 0.05) is 18.8 Å². The van der Waals surface area contributed by atoms with Crippen molar-refractivity contribution in [3.05, 3.63) is 47.3 Å². The third-order valence-corrected chi connectivity index (χ3v) is 3.12. The predicted octanol–water partition coefficient (Wildman–Crippen LogP) is 1.91. The summed E-state index contributed by atoms with van der Waals surface area (Å²) in [6.45, 7) is 5.79. The van der Waals surface area contributed by atoms with Gasteiger partial charge in [-0.25, -0.2) is 4.68 Å². The zero-order valence-electron chi connectivity index (χ0n) is 11.8. The molecule has 0 saturated heterocycles. The van der Waals surface area contributed by atoms with Gasteiger partial charge >= 0.3 is 0 Å². The molecular formula is C15H21N3O. The highest BCUT2D eigenvalue weighted by molar-refractivity contribution is 5.35. The molecule has 0 radical (unpaired) electrons. The van der Waals surface area contributed by atoms with Gasteiger partial charge in [0.25, 0.3) is 0 Å². The molecule has 0 aliphatic heterocycles. The average molecular weight is 259 g/mol. The zero-order chi connectivity index (χ0) is 13.8. The van der Waals surface area contributed by atoms with E-state index in [2.05, 4.69) is 47.3 Å². The molecule has 1 N–H and O–H groups in total. The van der Waals surface area contributed by atoms with Gasteiger partial charge in [-0.3, -0.25) is 4.90 Å². The van der Waals surface area contributed by atoms with Crippen LogP contribution in [0.1, 0.15) is 17.0 Å². The lowest BCUT2D eigenvalue weighted by Crippen LogP contribution is -2.21. The highest BCUT2D eigenvalue weighted by Crippen LogP contribution is 2.13. The number of nitrogens with zero attached hydrogens (tertiary/aromatic N) is 3. The molecule has 0 bridgehead atoms. The van der Waals surface area contributed by atoms with E-state index < -0.39 is 0 Å². The maximum absolute atomic E-state index is 8.89. The Morgan fingerprint density at radius 1 is 1.21 bits per heavy atom.